The molecule has 0 radical (unpaired) electrons. The maximum Gasteiger partial charge on any atom is 0.268 e. The quantitative estimate of drug-likeness (QED) is 0.777. The van der Waals surface area contributed by atoms with Crippen LogP contribution in [-0.4, -0.2) is 17.9 Å². The molecule has 0 saturated heterocycles. The van der Waals surface area contributed by atoms with E-state index in [-0.39, 0.29) is 11.8 Å². The molecule has 1 unspecified atom stereocenters. The summed E-state index contributed by atoms with van der Waals surface area (Å²) in [4.78, 5) is 26.4. The van der Waals surface area contributed by atoms with E-state index in [0.29, 0.717) is 35.1 Å². The number of benzene rings is 2. The molecular formula is C21H23ClN2O3. The van der Waals surface area contributed by atoms with E-state index in [1.54, 1.807) is 36.1 Å². The van der Waals surface area contributed by atoms with Gasteiger partial charge in [-0.05, 0) is 43.2 Å². The first-order valence-corrected chi connectivity index (χ1v) is 9.52. The zero-order chi connectivity index (χ0) is 19.4. The number of unbranched alkanes of at least 4 members (excludes halogenated alkanes) is 1. The summed E-state index contributed by atoms with van der Waals surface area (Å²) in [7, 11) is 0. The monoisotopic (exact) mass is 386 g/mol. The van der Waals surface area contributed by atoms with Gasteiger partial charge in [0.1, 0.15) is 5.75 Å². The average molecular weight is 387 g/mol. The maximum absolute atomic E-state index is 12.7. The highest BCUT2D eigenvalue weighted by Crippen LogP contribution is 2.37. The third-order valence-electron chi connectivity index (χ3n) is 4.49. The average Bonchev–Trinajstić information content (AvgIpc) is 2.65. The van der Waals surface area contributed by atoms with Gasteiger partial charge in [-0.3, -0.25) is 9.59 Å². The summed E-state index contributed by atoms with van der Waals surface area (Å²) in [5.74, 6) is 0.434. The highest BCUT2D eigenvalue weighted by atomic mass is 35.5. The van der Waals surface area contributed by atoms with Crippen LogP contribution in [0.2, 0.25) is 5.02 Å². The van der Waals surface area contributed by atoms with Gasteiger partial charge >= 0.3 is 0 Å². The van der Waals surface area contributed by atoms with E-state index in [2.05, 4.69) is 5.32 Å². The fraction of sp³-hybridized carbons (Fsp3) is 0.333. The lowest BCUT2D eigenvalue weighted by atomic mass is 10.1. The molecule has 1 aliphatic rings. The van der Waals surface area contributed by atoms with Gasteiger partial charge in [-0.25, -0.2) is 0 Å². The number of nitrogens with zero attached hydrogens (tertiary/aromatic N) is 1. The molecule has 1 atom stereocenters. The topological polar surface area (TPSA) is 58.6 Å². The Morgan fingerprint density at radius 3 is 2.78 bits per heavy atom. The smallest absolute Gasteiger partial charge is 0.268 e. The second-order valence-corrected chi connectivity index (χ2v) is 7.02. The van der Waals surface area contributed by atoms with Crippen molar-refractivity contribution >= 4 is 34.8 Å². The Kier molecular flexibility index (Phi) is 6.01. The number of nitrogens with one attached hydrogen (secondary N) is 1. The summed E-state index contributed by atoms with van der Waals surface area (Å²) >= 11 is 6.28. The Labute approximate surface area is 164 Å². The highest BCUT2D eigenvalue weighted by Gasteiger charge is 2.32. The first-order chi connectivity index (χ1) is 13.0. The lowest BCUT2D eigenvalue weighted by molar-refractivity contribution is -0.125. The van der Waals surface area contributed by atoms with Crippen LogP contribution < -0.4 is 15.0 Å². The Balaban J connectivity index is 1.89. The molecule has 2 amide bonds. The van der Waals surface area contributed by atoms with Gasteiger partial charge < -0.3 is 15.0 Å². The lowest BCUT2D eigenvalue weighted by Gasteiger charge is -2.33. The van der Waals surface area contributed by atoms with E-state index in [9.17, 15) is 9.59 Å². The minimum Gasteiger partial charge on any atom is -0.479 e. The van der Waals surface area contributed by atoms with Crippen molar-refractivity contribution in [2.45, 2.75) is 45.8 Å². The predicted molar refractivity (Wildman–Crippen MR) is 107 cm³/mol. The molecule has 27 heavy (non-hydrogen) atoms. The molecule has 6 heteroatoms. The van der Waals surface area contributed by atoms with Gasteiger partial charge in [-0.1, -0.05) is 43.1 Å². The molecule has 0 spiro atoms. The fourth-order valence-corrected chi connectivity index (χ4v) is 3.20. The molecule has 1 heterocycles. The third kappa shape index (κ3) is 4.42. The summed E-state index contributed by atoms with van der Waals surface area (Å²) in [6.45, 7) is 4.11. The van der Waals surface area contributed by atoms with Gasteiger partial charge in [0.05, 0.1) is 12.2 Å². The fourth-order valence-electron chi connectivity index (χ4n) is 3.01. The summed E-state index contributed by atoms with van der Waals surface area (Å²) in [5.41, 5.74) is 2.13. The molecule has 0 fully saturated rings. The molecule has 1 N–H and O–H groups in total. The van der Waals surface area contributed by atoms with Crippen molar-refractivity contribution in [2.75, 3.05) is 10.2 Å². The van der Waals surface area contributed by atoms with Gasteiger partial charge in [0.2, 0.25) is 5.91 Å². The molecule has 0 aromatic heterocycles. The van der Waals surface area contributed by atoms with Gasteiger partial charge in [0, 0.05) is 17.1 Å². The minimum absolute atomic E-state index is 0.0362. The number of carbonyl (C=O) groups excluding carboxylic acids is 2. The van der Waals surface area contributed by atoms with Crippen LogP contribution in [0, 0.1) is 0 Å². The Morgan fingerprint density at radius 1 is 1.26 bits per heavy atom. The summed E-state index contributed by atoms with van der Waals surface area (Å²) in [6, 6.07) is 12.8. The van der Waals surface area contributed by atoms with Crippen LogP contribution >= 0.6 is 11.6 Å². The van der Waals surface area contributed by atoms with E-state index < -0.39 is 6.10 Å². The molecule has 142 valence electrons. The van der Waals surface area contributed by atoms with E-state index in [4.69, 9.17) is 16.3 Å². The number of ether oxygens (including phenoxy) is 1. The Hall–Kier alpha value is -2.53. The maximum atomic E-state index is 12.7. The Morgan fingerprint density at radius 2 is 2.04 bits per heavy atom. The third-order valence-corrected chi connectivity index (χ3v) is 4.86. The summed E-state index contributed by atoms with van der Waals surface area (Å²) < 4.78 is 5.73. The van der Waals surface area contributed by atoms with Gasteiger partial charge in [-0.2, -0.15) is 0 Å². The van der Waals surface area contributed by atoms with Crippen molar-refractivity contribution in [3.05, 3.63) is 53.1 Å². The van der Waals surface area contributed by atoms with Crippen molar-refractivity contribution in [3.63, 3.8) is 0 Å². The molecule has 2 aromatic rings. The van der Waals surface area contributed by atoms with Crippen LogP contribution in [0.4, 0.5) is 11.4 Å². The van der Waals surface area contributed by atoms with Crippen LogP contribution in [0.5, 0.6) is 5.75 Å². The normalized spacial score (nSPS) is 15.9. The number of rotatable bonds is 6. The van der Waals surface area contributed by atoms with Crippen LogP contribution in [0.3, 0.4) is 0 Å². The number of amides is 2. The van der Waals surface area contributed by atoms with Crippen LogP contribution in [0.15, 0.2) is 42.5 Å². The van der Waals surface area contributed by atoms with E-state index in [0.717, 1.165) is 18.4 Å². The van der Waals surface area contributed by atoms with E-state index in [1.807, 2.05) is 25.1 Å². The van der Waals surface area contributed by atoms with Crippen molar-refractivity contribution in [3.8, 4) is 5.75 Å². The Bertz CT molecular complexity index is 853. The molecule has 5 nitrogen and oxygen atoms in total. The molecular weight excluding hydrogens is 364 g/mol. The minimum atomic E-state index is -0.579. The standard InChI is InChI=1S/C21H23ClN2O3/c1-3-4-9-20(25)23-16-10-11-19-18(12-16)24(21(26)14(2)27-19)13-15-7-5-6-8-17(15)22/h5-8,10-12,14H,3-4,9,13H2,1-2H3,(H,23,25). The second kappa shape index (κ2) is 8.44. The number of anilines is 2. The van der Waals surface area contributed by atoms with Gasteiger partial charge in [0.15, 0.2) is 6.10 Å². The lowest BCUT2D eigenvalue weighted by Crippen LogP contribution is -2.44. The number of hydrogen-bond donors (Lipinski definition) is 1. The van der Waals surface area contributed by atoms with E-state index >= 15 is 0 Å². The first kappa shape index (κ1) is 19.2. The van der Waals surface area contributed by atoms with Gasteiger partial charge in [0.25, 0.3) is 5.91 Å². The summed E-state index contributed by atoms with van der Waals surface area (Å²) in [6.07, 6.45) is 1.70. The molecule has 0 bridgehead atoms. The molecule has 3 rings (SSSR count). The highest BCUT2D eigenvalue weighted by molar-refractivity contribution is 6.31. The number of halogens is 1. The van der Waals surface area contributed by atoms with E-state index in [1.165, 1.54) is 0 Å². The molecule has 0 saturated carbocycles. The second-order valence-electron chi connectivity index (χ2n) is 6.61. The zero-order valence-corrected chi connectivity index (χ0v) is 16.3. The molecule has 1 aliphatic heterocycles. The SMILES string of the molecule is CCCCC(=O)Nc1ccc2c(c1)N(Cc1ccccc1Cl)C(=O)C(C)O2. The predicted octanol–water partition coefficient (Wildman–Crippen LogP) is 4.78. The van der Waals surface area contributed by atoms with Crippen molar-refractivity contribution in [1.82, 2.24) is 0 Å². The summed E-state index contributed by atoms with van der Waals surface area (Å²) in [5, 5.41) is 3.50. The molecule has 0 aliphatic carbocycles. The number of carbonyl (C=O) groups is 2. The largest absolute Gasteiger partial charge is 0.479 e. The van der Waals surface area contributed by atoms with Crippen LogP contribution in [0.1, 0.15) is 38.7 Å². The van der Waals surface area contributed by atoms with Crippen LogP contribution in [0.25, 0.3) is 0 Å². The van der Waals surface area contributed by atoms with Crippen molar-refractivity contribution in [2.24, 2.45) is 0 Å². The molecule has 2 aromatic carbocycles. The zero-order valence-electron chi connectivity index (χ0n) is 15.5. The number of hydrogen-bond acceptors (Lipinski definition) is 3. The van der Waals surface area contributed by atoms with Crippen molar-refractivity contribution in [1.29, 1.82) is 0 Å². The first-order valence-electron chi connectivity index (χ1n) is 9.15. The van der Waals surface area contributed by atoms with Gasteiger partial charge in [-0.15, -0.1) is 0 Å². The number of fused-ring (bicyclic) bond motifs is 1. The van der Waals surface area contributed by atoms with Crippen molar-refractivity contribution < 1.29 is 14.3 Å². The van der Waals surface area contributed by atoms with Crippen LogP contribution in [-0.2, 0) is 16.1 Å².